The molecule has 0 atom stereocenters. The number of rotatable bonds is 0. The molecule has 0 aromatic heterocycles. The van der Waals surface area contributed by atoms with Crippen LogP contribution in [0.5, 0.6) is 0 Å². The lowest BCUT2D eigenvalue weighted by Crippen LogP contribution is -1.99. The Morgan fingerprint density at radius 1 is 0.462 bits per heavy atom. The second kappa shape index (κ2) is 10.3. The highest BCUT2D eigenvalue weighted by Crippen LogP contribution is 2.17. The predicted octanol–water partition coefficient (Wildman–Crippen LogP) is 6.92. The smallest absolute Gasteiger partial charge is 0.162 e. The van der Waals surface area contributed by atoms with Crippen molar-refractivity contribution < 1.29 is 4.79 Å². The Bertz CT molecular complexity index is 666. The Morgan fingerprint density at radius 3 is 1.46 bits per heavy atom. The zero-order valence-corrected chi connectivity index (χ0v) is 16.0. The van der Waals surface area contributed by atoms with E-state index in [4.69, 9.17) is 0 Å². The van der Waals surface area contributed by atoms with Gasteiger partial charge < -0.3 is 0 Å². The van der Waals surface area contributed by atoms with E-state index in [1.54, 1.807) is 0 Å². The summed E-state index contributed by atoms with van der Waals surface area (Å²) in [7, 11) is 0. The van der Waals surface area contributed by atoms with Gasteiger partial charge in [-0.3, -0.25) is 4.79 Å². The van der Waals surface area contributed by atoms with E-state index in [1.807, 2.05) is 12.1 Å². The van der Waals surface area contributed by atoms with Crippen molar-refractivity contribution >= 4 is 5.78 Å². The molecule has 2 aromatic carbocycles. The molecule has 1 nitrogen and oxygen atoms in total. The van der Waals surface area contributed by atoms with E-state index in [-0.39, 0.29) is 0 Å². The van der Waals surface area contributed by atoms with E-state index in [2.05, 4.69) is 36.4 Å². The molecule has 0 fully saturated rings. The highest BCUT2D eigenvalue weighted by atomic mass is 16.1. The summed E-state index contributed by atoms with van der Waals surface area (Å²) < 4.78 is 0. The first kappa shape index (κ1) is 18.9. The summed E-state index contributed by atoms with van der Waals surface area (Å²) in [6.07, 6.45) is 14.4. The van der Waals surface area contributed by atoms with E-state index >= 15 is 0 Å². The third-order valence-electron chi connectivity index (χ3n) is 5.58. The SMILES string of the molecule is O=C1CCCCCCCCCCCc2ccc(cc2)Cc2ccc1cc2. The highest BCUT2D eigenvalue weighted by molar-refractivity contribution is 5.96. The normalized spacial score (nSPS) is 17.8. The number of Topliss-reactive ketones (excluding diaryl/α,β-unsaturated/α-hetero) is 1. The molecule has 4 bridgehead atoms. The predicted molar refractivity (Wildman–Crippen MR) is 110 cm³/mol. The molecule has 138 valence electrons. The van der Waals surface area contributed by atoms with Gasteiger partial charge in [0.1, 0.15) is 0 Å². The maximum Gasteiger partial charge on any atom is 0.162 e. The van der Waals surface area contributed by atoms with Crippen LogP contribution in [0.15, 0.2) is 48.5 Å². The highest BCUT2D eigenvalue weighted by Gasteiger charge is 2.06. The van der Waals surface area contributed by atoms with Gasteiger partial charge in [-0.2, -0.15) is 0 Å². The van der Waals surface area contributed by atoms with Crippen molar-refractivity contribution in [1.82, 2.24) is 0 Å². The summed E-state index contributed by atoms with van der Waals surface area (Å²) in [6.45, 7) is 0. The second-order valence-corrected chi connectivity index (χ2v) is 7.80. The minimum atomic E-state index is 0.298. The topological polar surface area (TPSA) is 17.1 Å². The number of carbonyl (C=O) groups excluding carboxylic acids is 1. The average molecular weight is 349 g/mol. The molecule has 3 aliphatic rings. The number of hydrogen-bond donors (Lipinski definition) is 0. The van der Waals surface area contributed by atoms with Crippen LogP contribution in [0.4, 0.5) is 0 Å². The fraction of sp³-hybridized carbons (Fsp3) is 0.480. The number of fused-ring (bicyclic) bond motifs is 2. The maximum atomic E-state index is 12.3. The van der Waals surface area contributed by atoms with Crippen molar-refractivity contribution in [3.63, 3.8) is 0 Å². The first-order chi connectivity index (χ1) is 12.8. The molecule has 0 N–H and O–H groups in total. The molecule has 0 unspecified atom stereocenters. The molecule has 0 amide bonds. The van der Waals surface area contributed by atoms with E-state index in [0.29, 0.717) is 12.2 Å². The zero-order chi connectivity index (χ0) is 18.0. The van der Waals surface area contributed by atoms with Crippen LogP contribution < -0.4 is 0 Å². The Balaban J connectivity index is 1.65. The largest absolute Gasteiger partial charge is 0.294 e. The van der Waals surface area contributed by atoms with Gasteiger partial charge in [0.05, 0.1) is 0 Å². The van der Waals surface area contributed by atoms with Crippen LogP contribution in [0.3, 0.4) is 0 Å². The molecule has 0 saturated carbocycles. The Morgan fingerprint density at radius 2 is 0.885 bits per heavy atom. The van der Waals surface area contributed by atoms with Crippen LogP contribution in [0, 0.1) is 0 Å². The van der Waals surface area contributed by atoms with Crippen molar-refractivity contribution in [2.24, 2.45) is 0 Å². The zero-order valence-electron chi connectivity index (χ0n) is 16.0. The van der Waals surface area contributed by atoms with Gasteiger partial charge in [-0.1, -0.05) is 93.5 Å². The molecule has 2 aromatic rings. The summed E-state index contributed by atoms with van der Waals surface area (Å²) in [5.41, 5.74) is 4.95. The van der Waals surface area contributed by atoms with Gasteiger partial charge in [-0.05, 0) is 42.4 Å². The van der Waals surface area contributed by atoms with Crippen LogP contribution in [-0.4, -0.2) is 5.78 Å². The molecular weight excluding hydrogens is 316 g/mol. The number of aryl methyl sites for hydroxylation is 1. The second-order valence-electron chi connectivity index (χ2n) is 7.80. The molecule has 0 heterocycles. The molecule has 3 aliphatic carbocycles. The van der Waals surface area contributed by atoms with Gasteiger partial charge in [0.15, 0.2) is 5.78 Å². The van der Waals surface area contributed by atoms with Crippen LogP contribution in [-0.2, 0) is 12.8 Å². The third-order valence-corrected chi connectivity index (χ3v) is 5.58. The number of hydrogen-bond acceptors (Lipinski definition) is 1. The van der Waals surface area contributed by atoms with Gasteiger partial charge in [-0.15, -0.1) is 0 Å². The fourth-order valence-electron chi connectivity index (χ4n) is 3.86. The number of benzene rings is 2. The number of carbonyl (C=O) groups is 1. The number of ketones is 1. The summed E-state index contributed by atoms with van der Waals surface area (Å²) >= 11 is 0. The monoisotopic (exact) mass is 348 g/mol. The lowest BCUT2D eigenvalue weighted by Gasteiger charge is -2.06. The Labute approximate surface area is 158 Å². The summed E-state index contributed by atoms with van der Waals surface area (Å²) in [6, 6.07) is 17.3. The van der Waals surface area contributed by atoms with Crippen LogP contribution in [0.1, 0.15) is 91.3 Å². The first-order valence-electron chi connectivity index (χ1n) is 10.5. The van der Waals surface area contributed by atoms with Crippen molar-refractivity contribution in [1.29, 1.82) is 0 Å². The van der Waals surface area contributed by atoms with Gasteiger partial charge in [0.2, 0.25) is 0 Å². The molecule has 0 saturated heterocycles. The van der Waals surface area contributed by atoms with Crippen molar-refractivity contribution in [2.45, 2.75) is 77.0 Å². The molecule has 0 radical (unpaired) electrons. The summed E-state index contributed by atoms with van der Waals surface area (Å²) in [4.78, 5) is 12.3. The molecule has 26 heavy (non-hydrogen) atoms. The van der Waals surface area contributed by atoms with E-state index < -0.39 is 0 Å². The van der Waals surface area contributed by atoms with Crippen LogP contribution in [0.2, 0.25) is 0 Å². The van der Waals surface area contributed by atoms with Gasteiger partial charge in [-0.25, -0.2) is 0 Å². The standard InChI is InChI=1S/C25H32O/c26-25-11-9-7-5-3-1-2-4-6-8-10-21-12-14-22(15-13-21)20-23-16-18-24(25)19-17-23/h12-19H,1-11,20H2. The van der Waals surface area contributed by atoms with E-state index in [0.717, 1.165) is 18.4 Å². The molecule has 0 aliphatic heterocycles. The van der Waals surface area contributed by atoms with Gasteiger partial charge in [0, 0.05) is 12.0 Å². The first-order valence-corrected chi connectivity index (χ1v) is 10.5. The third kappa shape index (κ3) is 6.12. The van der Waals surface area contributed by atoms with E-state index in [9.17, 15) is 4.79 Å². The van der Waals surface area contributed by atoms with Crippen LogP contribution in [0.25, 0.3) is 0 Å². The maximum absolute atomic E-state index is 12.3. The van der Waals surface area contributed by atoms with Gasteiger partial charge in [0.25, 0.3) is 0 Å². The van der Waals surface area contributed by atoms with Crippen LogP contribution >= 0.6 is 0 Å². The minimum absolute atomic E-state index is 0.298. The molecule has 5 rings (SSSR count). The molecule has 0 spiro atoms. The Kier molecular flexibility index (Phi) is 7.49. The summed E-state index contributed by atoms with van der Waals surface area (Å²) in [5, 5.41) is 0. The van der Waals surface area contributed by atoms with Gasteiger partial charge >= 0.3 is 0 Å². The quantitative estimate of drug-likeness (QED) is 0.505. The van der Waals surface area contributed by atoms with E-state index in [1.165, 1.54) is 74.5 Å². The van der Waals surface area contributed by atoms with Crippen molar-refractivity contribution in [3.05, 3.63) is 70.8 Å². The molecular formula is C25H32O. The van der Waals surface area contributed by atoms with Crippen molar-refractivity contribution in [3.8, 4) is 0 Å². The Hall–Kier alpha value is -1.89. The molecule has 1 heteroatoms. The fourth-order valence-corrected chi connectivity index (χ4v) is 3.86. The lowest BCUT2D eigenvalue weighted by molar-refractivity contribution is 0.0979. The average Bonchev–Trinajstić information content (AvgIpc) is 2.67. The van der Waals surface area contributed by atoms with Crippen molar-refractivity contribution in [2.75, 3.05) is 0 Å². The summed E-state index contributed by atoms with van der Waals surface area (Å²) in [5.74, 6) is 0.298. The minimum Gasteiger partial charge on any atom is -0.294 e. The lowest BCUT2D eigenvalue weighted by atomic mass is 9.99.